The predicted molar refractivity (Wildman–Crippen MR) is 72.3 cm³/mol. The Labute approximate surface area is 120 Å². The van der Waals surface area contributed by atoms with E-state index in [9.17, 15) is 14.0 Å². The molecule has 1 unspecified atom stereocenters. The monoisotopic (exact) mass is 294 g/mol. The van der Waals surface area contributed by atoms with Crippen LogP contribution in [0.2, 0.25) is 0 Å². The van der Waals surface area contributed by atoms with Gasteiger partial charge in [0.15, 0.2) is 5.78 Å². The standard InChI is InChI=1S/C14H15FN2O4/c1-20-14(19)13-10(7-17-5-4-16)12(18)9-6-8(15)2-3-11(9)21-13/h2-3,6-7,13,17H,4-5,16H2,1H3/b10-7+. The van der Waals surface area contributed by atoms with Crippen LogP contribution in [0.15, 0.2) is 30.0 Å². The van der Waals surface area contributed by atoms with E-state index >= 15 is 0 Å². The van der Waals surface area contributed by atoms with Crippen LogP contribution >= 0.6 is 0 Å². The molecule has 0 aliphatic carbocycles. The molecule has 112 valence electrons. The third-order valence-corrected chi connectivity index (χ3v) is 2.94. The molecular formula is C14H15FN2O4. The summed E-state index contributed by atoms with van der Waals surface area (Å²) in [6.07, 6.45) is 0.163. The molecule has 0 fully saturated rings. The summed E-state index contributed by atoms with van der Waals surface area (Å²) in [7, 11) is 1.20. The number of benzene rings is 1. The summed E-state index contributed by atoms with van der Waals surface area (Å²) < 4.78 is 23.4. The molecule has 1 aliphatic heterocycles. The fourth-order valence-electron chi connectivity index (χ4n) is 1.94. The fourth-order valence-corrected chi connectivity index (χ4v) is 1.94. The molecule has 0 spiro atoms. The highest BCUT2D eigenvalue weighted by atomic mass is 19.1. The van der Waals surface area contributed by atoms with Crippen molar-refractivity contribution in [2.75, 3.05) is 20.2 Å². The second kappa shape index (κ2) is 6.36. The number of esters is 1. The highest BCUT2D eigenvalue weighted by Crippen LogP contribution is 2.31. The van der Waals surface area contributed by atoms with Crippen LogP contribution in [0.4, 0.5) is 4.39 Å². The molecule has 1 heterocycles. The third-order valence-electron chi connectivity index (χ3n) is 2.94. The zero-order chi connectivity index (χ0) is 15.4. The number of carbonyl (C=O) groups excluding carboxylic acids is 2. The molecular weight excluding hydrogens is 279 g/mol. The van der Waals surface area contributed by atoms with Crippen LogP contribution in [-0.2, 0) is 9.53 Å². The number of hydrogen-bond acceptors (Lipinski definition) is 6. The molecule has 0 saturated heterocycles. The molecule has 0 bridgehead atoms. The molecule has 0 radical (unpaired) electrons. The van der Waals surface area contributed by atoms with Crippen LogP contribution in [0.5, 0.6) is 5.75 Å². The van der Waals surface area contributed by atoms with Crippen molar-refractivity contribution in [3.63, 3.8) is 0 Å². The first kappa shape index (κ1) is 15.0. The minimum atomic E-state index is -1.19. The van der Waals surface area contributed by atoms with E-state index in [0.717, 1.165) is 12.1 Å². The van der Waals surface area contributed by atoms with Gasteiger partial charge < -0.3 is 20.5 Å². The molecule has 21 heavy (non-hydrogen) atoms. The van der Waals surface area contributed by atoms with Crippen molar-refractivity contribution in [2.24, 2.45) is 5.73 Å². The Morgan fingerprint density at radius 1 is 1.57 bits per heavy atom. The molecule has 0 aromatic heterocycles. The predicted octanol–water partition coefficient (Wildman–Crippen LogP) is 0.375. The largest absolute Gasteiger partial charge is 0.473 e. The van der Waals surface area contributed by atoms with Crippen molar-refractivity contribution in [3.8, 4) is 5.75 Å². The van der Waals surface area contributed by atoms with Gasteiger partial charge in [0.2, 0.25) is 6.10 Å². The number of halogens is 1. The number of rotatable bonds is 4. The van der Waals surface area contributed by atoms with Gasteiger partial charge in [0.05, 0.1) is 18.2 Å². The van der Waals surface area contributed by atoms with Crippen molar-refractivity contribution in [2.45, 2.75) is 6.10 Å². The Balaban J connectivity index is 2.42. The van der Waals surface area contributed by atoms with Crippen LogP contribution in [0.3, 0.4) is 0 Å². The number of nitrogens with one attached hydrogen (secondary N) is 1. The van der Waals surface area contributed by atoms with E-state index in [4.69, 9.17) is 10.5 Å². The quantitative estimate of drug-likeness (QED) is 0.474. The molecule has 1 aliphatic rings. The summed E-state index contributed by atoms with van der Waals surface area (Å²) >= 11 is 0. The Morgan fingerprint density at radius 2 is 2.33 bits per heavy atom. The van der Waals surface area contributed by atoms with Crippen molar-refractivity contribution in [1.29, 1.82) is 0 Å². The Hall–Kier alpha value is -2.41. The van der Waals surface area contributed by atoms with Crippen molar-refractivity contribution >= 4 is 11.8 Å². The van der Waals surface area contributed by atoms with Gasteiger partial charge in [-0.1, -0.05) is 0 Å². The minimum Gasteiger partial charge on any atom is -0.473 e. The number of ether oxygens (including phenoxy) is 2. The maximum absolute atomic E-state index is 13.3. The third kappa shape index (κ3) is 3.03. The number of hydrogen-bond donors (Lipinski definition) is 2. The Kier molecular flexibility index (Phi) is 4.54. The highest BCUT2D eigenvalue weighted by molar-refractivity contribution is 6.15. The van der Waals surface area contributed by atoms with Crippen LogP contribution in [0, 0.1) is 5.82 Å². The topological polar surface area (TPSA) is 90.6 Å². The highest BCUT2D eigenvalue weighted by Gasteiger charge is 2.37. The summed E-state index contributed by atoms with van der Waals surface area (Å²) in [4.78, 5) is 24.2. The molecule has 2 rings (SSSR count). The summed E-state index contributed by atoms with van der Waals surface area (Å²) in [6, 6.07) is 3.53. The van der Waals surface area contributed by atoms with E-state index in [-0.39, 0.29) is 16.9 Å². The van der Waals surface area contributed by atoms with E-state index in [2.05, 4.69) is 10.1 Å². The van der Waals surface area contributed by atoms with Gasteiger partial charge in [-0.3, -0.25) is 4.79 Å². The average Bonchev–Trinajstić information content (AvgIpc) is 2.49. The molecule has 1 atom stereocenters. The van der Waals surface area contributed by atoms with E-state index in [1.54, 1.807) is 0 Å². The number of nitrogens with two attached hydrogens (primary N) is 1. The van der Waals surface area contributed by atoms with Gasteiger partial charge in [-0.15, -0.1) is 0 Å². The Morgan fingerprint density at radius 3 is 3.00 bits per heavy atom. The maximum Gasteiger partial charge on any atom is 0.352 e. The Bertz CT molecular complexity index is 601. The fraction of sp³-hybridized carbons (Fsp3) is 0.286. The van der Waals surface area contributed by atoms with E-state index < -0.39 is 23.7 Å². The summed E-state index contributed by atoms with van der Waals surface area (Å²) in [5, 5.41) is 2.80. The summed E-state index contributed by atoms with van der Waals surface area (Å²) in [5.41, 5.74) is 5.46. The number of fused-ring (bicyclic) bond motifs is 1. The van der Waals surface area contributed by atoms with Gasteiger partial charge in [-0.05, 0) is 18.2 Å². The minimum absolute atomic E-state index is 0.0494. The van der Waals surface area contributed by atoms with Gasteiger partial charge in [0, 0.05) is 19.3 Å². The lowest BCUT2D eigenvalue weighted by atomic mass is 9.95. The van der Waals surface area contributed by atoms with Crippen molar-refractivity contribution in [3.05, 3.63) is 41.4 Å². The lowest BCUT2D eigenvalue weighted by Crippen LogP contribution is -2.38. The molecule has 0 amide bonds. The van der Waals surface area contributed by atoms with Gasteiger partial charge in [-0.25, -0.2) is 9.18 Å². The van der Waals surface area contributed by atoms with Gasteiger partial charge >= 0.3 is 5.97 Å². The lowest BCUT2D eigenvalue weighted by Gasteiger charge is -2.25. The first-order chi connectivity index (χ1) is 10.1. The number of ketones is 1. The van der Waals surface area contributed by atoms with Crippen molar-refractivity contribution in [1.82, 2.24) is 5.32 Å². The zero-order valence-corrected chi connectivity index (χ0v) is 11.4. The second-order valence-electron chi connectivity index (χ2n) is 4.33. The number of methoxy groups -OCH3 is 1. The van der Waals surface area contributed by atoms with Crippen LogP contribution in [0.1, 0.15) is 10.4 Å². The molecule has 1 aromatic rings. The van der Waals surface area contributed by atoms with Crippen molar-refractivity contribution < 1.29 is 23.5 Å². The first-order valence-corrected chi connectivity index (χ1v) is 6.30. The molecule has 7 heteroatoms. The average molecular weight is 294 g/mol. The van der Waals surface area contributed by atoms with E-state index in [1.807, 2.05) is 0 Å². The van der Waals surface area contributed by atoms with Gasteiger partial charge in [-0.2, -0.15) is 0 Å². The van der Waals surface area contributed by atoms with E-state index in [0.29, 0.717) is 13.1 Å². The van der Waals surface area contributed by atoms with E-state index in [1.165, 1.54) is 19.4 Å². The SMILES string of the molecule is COC(=O)C1Oc2ccc(F)cc2C(=O)/C1=C\NCCN. The molecule has 6 nitrogen and oxygen atoms in total. The first-order valence-electron chi connectivity index (χ1n) is 6.30. The second-order valence-corrected chi connectivity index (χ2v) is 4.33. The van der Waals surface area contributed by atoms with Crippen LogP contribution < -0.4 is 15.8 Å². The number of carbonyl (C=O) groups is 2. The smallest absolute Gasteiger partial charge is 0.352 e. The van der Waals surface area contributed by atoms with Crippen LogP contribution in [0.25, 0.3) is 0 Å². The maximum atomic E-state index is 13.3. The molecule has 0 saturated carbocycles. The normalized spacial score (nSPS) is 18.9. The molecule has 3 N–H and O–H groups in total. The number of Topliss-reactive ketones (excluding diaryl/α,β-unsaturated/α-hetero) is 1. The molecule has 1 aromatic carbocycles. The van der Waals surface area contributed by atoms with Gasteiger partial charge in [0.1, 0.15) is 11.6 Å². The summed E-state index contributed by atoms with van der Waals surface area (Å²) in [6.45, 7) is 0.771. The summed E-state index contributed by atoms with van der Waals surface area (Å²) in [5.74, 6) is -1.61. The van der Waals surface area contributed by atoms with Gasteiger partial charge in [0.25, 0.3) is 0 Å². The lowest BCUT2D eigenvalue weighted by molar-refractivity contribution is -0.147. The zero-order valence-electron chi connectivity index (χ0n) is 11.4. The van der Waals surface area contributed by atoms with Crippen LogP contribution in [-0.4, -0.2) is 38.1 Å².